The van der Waals surface area contributed by atoms with Crippen molar-refractivity contribution in [1.82, 2.24) is 14.3 Å². The number of nitrogens with zero attached hydrogens (tertiary/aromatic N) is 4. The second-order valence-electron chi connectivity index (χ2n) is 3.11. The molecule has 0 atom stereocenters. The lowest BCUT2D eigenvalue weighted by atomic mass is 10.4. The van der Waals surface area contributed by atoms with Crippen LogP contribution in [0.25, 0.3) is 0 Å². The lowest BCUT2D eigenvalue weighted by Gasteiger charge is -2.00. The average Bonchev–Trinajstić information content (AvgIpc) is 2.32. The van der Waals surface area contributed by atoms with E-state index in [9.17, 15) is 4.79 Å². The molecule has 0 radical (unpaired) electrons. The van der Waals surface area contributed by atoms with Crippen LogP contribution in [-0.4, -0.2) is 14.3 Å². The van der Waals surface area contributed by atoms with E-state index in [4.69, 9.17) is 5.26 Å². The highest BCUT2D eigenvalue weighted by Crippen LogP contribution is 1.98. The van der Waals surface area contributed by atoms with E-state index in [1.807, 2.05) is 19.9 Å². The Morgan fingerprint density at radius 3 is 2.62 bits per heavy atom. The Labute approximate surface area is 76.2 Å². The monoisotopic (exact) mass is 180 g/mol. The van der Waals surface area contributed by atoms with Crippen LogP contribution in [0.15, 0.2) is 4.79 Å². The molecule has 0 amide bonds. The molecule has 0 aromatic carbocycles. The van der Waals surface area contributed by atoms with Crippen LogP contribution < -0.4 is 5.69 Å². The largest absolute Gasteiger partial charge is 0.347 e. The highest BCUT2D eigenvalue weighted by Gasteiger charge is 2.10. The highest BCUT2D eigenvalue weighted by atomic mass is 16.2. The van der Waals surface area contributed by atoms with Crippen LogP contribution >= 0.6 is 0 Å². The summed E-state index contributed by atoms with van der Waals surface area (Å²) in [5.74, 6) is 0.584. The molecule has 70 valence electrons. The lowest BCUT2D eigenvalue weighted by molar-refractivity contribution is 0.506. The van der Waals surface area contributed by atoms with Crippen LogP contribution in [0.2, 0.25) is 0 Å². The Morgan fingerprint density at radius 2 is 2.23 bits per heavy atom. The molecular formula is C8H12N4O. The molecule has 0 bridgehead atoms. The molecule has 0 spiro atoms. The van der Waals surface area contributed by atoms with Crippen LogP contribution in [0.5, 0.6) is 0 Å². The van der Waals surface area contributed by atoms with Crippen molar-refractivity contribution in [1.29, 1.82) is 5.26 Å². The van der Waals surface area contributed by atoms with Gasteiger partial charge in [-0.2, -0.15) is 10.4 Å². The Balaban J connectivity index is 3.25. The highest BCUT2D eigenvalue weighted by molar-refractivity contribution is 4.88. The first-order valence-corrected chi connectivity index (χ1v) is 4.10. The number of aromatic nitrogens is 3. The molecule has 1 aromatic heterocycles. The standard InChI is InChI=1S/C8H12N4O/c1-6(2)12-8(13)11(5-4-9)7(3)10-12/h6H,5H2,1-3H3. The molecule has 1 heterocycles. The summed E-state index contributed by atoms with van der Waals surface area (Å²) in [6, 6.07) is 1.96. The van der Waals surface area contributed by atoms with E-state index < -0.39 is 0 Å². The Hall–Kier alpha value is -1.57. The minimum Gasteiger partial charge on any atom is -0.265 e. The van der Waals surface area contributed by atoms with Gasteiger partial charge in [-0.15, -0.1) is 0 Å². The summed E-state index contributed by atoms with van der Waals surface area (Å²) in [7, 11) is 0. The fraction of sp³-hybridized carbons (Fsp3) is 0.625. The van der Waals surface area contributed by atoms with Crippen molar-refractivity contribution < 1.29 is 0 Å². The van der Waals surface area contributed by atoms with Crippen LogP contribution in [0.3, 0.4) is 0 Å². The van der Waals surface area contributed by atoms with Gasteiger partial charge in [0.15, 0.2) is 0 Å². The van der Waals surface area contributed by atoms with Crippen molar-refractivity contribution in [3.05, 3.63) is 16.3 Å². The molecule has 0 aliphatic carbocycles. The van der Waals surface area contributed by atoms with E-state index in [-0.39, 0.29) is 18.3 Å². The zero-order chi connectivity index (χ0) is 10.0. The first-order chi connectivity index (χ1) is 6.07. The predicted molar refractivity (Wildman–Crippen MR) is 47.2 cm³/mol. The lowest BCUT2D eigenvalue weighted by Crippen LogP contribution is -2.26. The Kier molecular flexibility index (Phi) is 2.52. The van der Waals surface area contributed by atoms with Crippen LogP contribution in [-0.2, 0) is 6.54 Å². The van der Waals surface area contributed by atoms with Crippen LogP contribution in [0, 0.1) is 18.3 Å². The number of hydrogen-bond donors (Lipinski definition) is 0. The van der Waals surface area contributed by atoms with Gasteiger partial charge in [0.1, 0.15) is 12.4 Å². The number of nitriles is 1. The van der Waals surface area contributed by atoms with Crippen molar-refractivity contribution in [2.24, 2.45) is 0 Å². The van der Waals surface area contributed by atoms with Gasteiger partial charge in [0.05, 0.1) is 12.1 Å². The molecule has 0 saturated heterocycles. The summed E-state index contributed by atoms with van der Waals surface area (Å²) >= 11 is 0. The fourth-order valence-electron chi connectivity index (χ4n) is 1.10. The van der Waals surface area contributed by atoms with E-state index in [0.717, 1.165) is 0 Å². The molecule has 5 heteroatoms. The molecule has 0 aliphatic rings. The maximum absolute atomic E-state index is 11.5. The van der Waals surface area contributed by atoms with E-state index in [0.29, 0.717) is 5.82 Å². The second kappa shape index (κ2) is 3.44. The number of hydrogen-bond acceptors (Lipinski definition) is 3. The van der Waals surface area contributed by atoms with E-state index in [1.165, 1.54) is 9.25 Å². The quantitative estimate of drug-likeness (QED) is 0.664. The fourth-order valence-corrected chi connectivity index (χ4v) is 1.10. The van der Waals surface area contributed by atoms with Gasteiger partial charge in [0.2, 0.25) is 0 Å². The molecule has 0 unspecified atom stereocenters. The van der Waals surface area contributed by atoms with Crippen molar-refractivity contribution in [3.63, 3.8) is 0 Å². The summed E-state index contributed by atoms with van der Waals surface area (Å²) in [5.41, 5.74) is -0.214. The minimum absolute atomic E-state index is 0.0335. The van der Waals surface area contributed by atoms with Gasteiger partial charge in [0, 0.05) is 0 Å². The smallest absolute Gasteiger partial charge is 0.265 e. The maximum Gasteiger partial charge on any atom is 0.347 e. The van der Waals surface area contributed by atoms with E-state index in [2.05, 4.69) is 5.10 Å². The molecule has 1 rings (SSSR count). The van der Waals surface area contributed by atoms with Crippen molar-refractivity contribution in [2.75, 3.05) is 0 Å². The third kappa shape index (κ3) is 1.61. The molecule has 0 N–H and O–H groups in total. The molecule has 0 aliphatic heterocycles. The minimum atomic E-state index is -0.214. The normalized spacial score (nSPS) is 10.4. The number of rotatable bonds is 2. The van der Waals surface area contributed by atoms with Gasteiger partial charge < -0.3 is 0 Å². The molecule has 1 aromatic rings. The molecule has 0 fully saturated rings. The summed E-state index contributed by atoms with van der Waals surface area (Å²) in [6.45, 7) is 5.55. The van der Waals surface area contributed by atoms with Crippen LogP contribution in [0.1, 0.15) is 25.7 Å². The molecule has 0 saturated carbocycles. The summed E-state index contributed by atoms with van der Waals surface area (Å²) < 4.78 is 2.74. The molecule has 5 nitrogen and oxygen atoms in total. The van der Waals surface area contributed by atoms with Crippen molar-refractivity contribution in [3.8, 4) is 6.07 Å². The van der Waals surface area contributed by atoms with Crippen LogP contribution in [0.4, 0.5) is 0 Å². The average molecular weight is 180 g/mol. The van der Waals surface area contributed by atoms with Crippen molar-refractivity contribution >= 4 is 0 Å². The Morgan fingerprint density at radius 1 is 1.62 bits per heavy atom. The van der Waals surface area contributed by atoms with Gasteiger partial charge in [-0.25, -0.2) is 9.48 Å². The van der Waals surface area contributed by atoms with E-state index >= 15 is 0 Å². The first-order valence-electron chi connectivity index (χ1n) is 4.10. The van der Waals surface area contributed by atoms with E-state index in [1.54, 1.807) is 6.92 Å². The zero-order valence-corrected chi connectivity index (χ0v) is 7.98. The summed E-state index contributed by atoms with van der Waals surface area (Å²) in [4.78, 5) is 11.5. The maximum atomic E-state index is 11.5. The topological polar surface area (TPSA) is 63.6 Å². The zero-order valence-electron chi connectivity index (χ0n) is 7.98. The van der Waals surface area contributed by atoms with Gasteiger partial charge in [-0.3, -0.25) is 4.57 Å². The first kappa shape index (κ1) is 9.52. The second-order valence-corrected chi connectivity index (χ2v) is 3.11. The number of aryl methyl sites for hydroxylation is 1. The van der Waals surface area contributed by atoms with Gasteiger partial charge in [-0.1, -0.05) is 0 Å². The van der Waals surface area contributed by atoms with Gasteiger partial charge in [-0.05, 0) is 20.8 Å². The summed E-state index contributed by atoms with van der Waals surface area (Å²) in [6.07, 6.45) is 0. The third-order valence-corrected chi connectivity index (χ3v) is 1.79. The predicted octanol–water partition coefficient (Wildman–Crippen LogP) is 0.458. The van der Waals surface area contributed by atoms with Gasteiger partial charge in [0.25, 0.3) is 0 Å². The molecular weight excluding hydrogens is 168 g/mol. The Bertz CT molecular complexity index is 393. The van der Waals surface area contributed by atoms with Gasteiger partial charge >= 0.3 is 5.69 Å². The third-order valence-electron chi connectivity index (χ3n) is 1.79. The van der Waals surface area contributed by atoms with Crippen molar-refractivity contribution in [2.45, 2.75) is 33.4 Å². The molecule has 13 heavy (non-hydrogen) atoms. The summed E-state index contributed by atoms with van der Waals surface area (Å²) in [5, 5.41) is 12.5. The SMILES string of the molecule is Cc1nn(C(C)C)c(=O)n1CC#N.